The van der Waals surface area contributed by atoms with Crippen molar-refractivity contribution in [3.8, 4) is 5.75 Å². The van der Waals surface area contributed by atoms with Gasteiger partial charge in [-0.1, -0.05) is 0 Å². The molecular weight excluding hydrogens is 261 g/mol. The summed E-state index contributed by atoms with van der Waals surface area (Å²) in [4.78, 5) is 11.5. The molecule has 1 aliphatic carbocycles. The second kappa shape index (κ2) is 5.31. The molecule has 1 aromatic rings. The number of halogens is 1. The maximum atomic E-state index is 13.9. The number of cyclic esters (lactones) is 1. The highest BCUT2D eigenvalue weighted by Crippen LogP contribution is 2.29. The van der Waals surface area contributed by atoms with Crippen molar-refractivity contribution in [3.05, 3.63) is 24.0 Å². The molecule has 0 aromatic heterocycles. The average Bonchev–Trinajstić information content (AvgIpc) is 2.64. The summed E-state index contributed by atoms with van der Waals surface area (Å²) in [7, 11) is 0. The Morgan fingerprint density at radius 2 is 2.20 bits per heavy atom. The van der Waals surface area contributed by atoms with Crippen LogP contribution in [0.15, 0.2) is 18.2 Å². The van der Waals surface area contributed by atoms with Crippen molar-refractivity contribution >= 4 is 11.7 Å². The number of esters is 1. The van der Waals surface area contributed by atoms with Gasteiger partial charge in [-0.25, -0.2) is 9.18 Å². The first kappa shape index (κ1) is 13.2. The molecule has 1 aromatic carbocycles. The zero-order valence-electron chi connectivity index (χ0n) is 11.4. The molecule has 3 rings (SSSR count). The Hall–Kier alpha value is -1.78. The monoisotopic (exact) mass is 279 g/mol. The fourth-order valence-corrected chi connectivity index (χ4v) is 2.43. The third kappa shape index (κ3) is 2.71. The van der Waals surface area contributed by atoms with Gasteiger partial charge >= 0.3 is 5.97 Å². The van der Waals surface area contributed by atoms with E-state index in [4.69, 9.17) is 9.47 Å². The molecule has 2 aliphatic rings. The van der Waals surface area contributed by atoms with Gasteiger partial charge in [0.15, 0.2) is 11.6 Å². The summed E-state index contributed by atoms with van der Waals surface area (Å²) in [5.74, 6) is -0.406. The summed E-state index contributed by atoms with van der Waals surface area (Å²) >= 11 is 0. The van der Waals surface area contributed by atoms with Crippen LogP contribution in [0.4, 0.5) is 10.1 Å². The lowest BCUT2D eigenvalue weighted by atomic mass is 9.96. The molecule has 4 nitrogen and oxygen atoms in total. The fourth-order valence-electron chi connectivity index (χ4n) is 2.43. The van der Waals surface area contributed by atoms with E-state index in [0.29, 0.717) is 12.1 Å². The topological polar surface area (TPSA) is 47.6 Å². The van der Waals surface area contributed by atoms with E-state index in [1.54, 1.807) is 12.1 Å². The lowest BCUT2D eigenvalue weighted by molar-refractivity contribution is -0.141. The van der Waals surface area contributed by atoms with Gasteiger partial charge in [0.05, 0.1) is 6.10 Å². The van der Waals surface area contributed by atoms with Gasteiger partial charge in [-0.2, -0.15) is 0 Å². The molecule has 5 heteroatoms. The molecule has 1 heterocycles. The van der Waals surface area contributed by atoms with Gasteiger partial charge in [0.2, 0.25) is 0 Å². The number of ether oxygens (including phenoxy) is 2. The minimum Gasteiger partial charge on any atom is -0.487 e. The lowest BCUT2D eigenvalue weighted by Gasteiger charge is -2.26. The van der Waals surface area contributed by atoms with Crippen molar-refractivity contribution in [2.45, 2.75) is 50.9 Å². The van der Waals surface area contributed by atoms with Crippen LogP contribution in [0.25, 0.3) is 0 Å². The van der Waals surface area contributed by atoms with Gasteiger partial charge in [-0.15, -0.1) is 0 Å². The third-order valence-corrected chi connectivity index (χ3v) is 3.79. The number of carbonyl (C=O) groups excluding carboxylic acids is 1. The van der Waals surface area contributed by atoms with E-state index in [-0.39, 0.29) is 23.9 Å². The maximum Gasteiger partial charge on any atom is 0.328 e. The largest absolute Gasteiger partial charge is 0.487 e. The van der Waals surface area contributed by atoms with E-state index in [1.165, 1.54) is 6.07 Å². The highest BCUT2D eigenvalue weighted by atomic mass is 19.1. The van der Waals surface area contributed by atoms with Gasteiger partial charge < -0.3 is 14.8 Å². The normalized spacial score (nSPS) is 26.0. The molecule has 0 radical (unpaired) electrons. The number of nitrogens with one attached hydrogen (secondary N) is 1. The molecule has 1 aliphatic heterocycles. The SMILES string of the molecule is C[C@H]1C[C@@H](Nc2ccc(OC3CCC3)c(F)c2)C(=O)O1. The van der Waals surface area contributed by atoms with E-state index < -0.39 is 11.9 Å². The first-order valence-corrected chi connectivity index (χ1v) is 7.05. The first-order valence-electron chi connectivity index (χ1n) is 7.05. The van der Waals surface area contributed by atoms with Gasteiger partial charge in [-0.3, -0.25) is 0 Å². The van der Waals surface area contributed by atoms with E-state index in [1.807, 2.05) is 6.92 Å². The summed E-state index contributed by atoms with van der Waals surface area (Å²) in [5, 5.41) is 3.00. The fraction of sp³-hybridized carbons (Fsp3) is 0.533. The van der Waals surface area contributed by atoms with Gasteiger partial charge in [0.25, 0.3) is 0 Å². The van der Waals surface area contributed by atoms with Gasteiger partial charge in [0.1, 0.15) is 12.1 Å². The van der Waals surface area contributed by atoms with Crippen LogP contribution in [-0.4, -0.2) is 24.2 Å². The van der Waals surface area contributed by atoms with E-state index in [2.05, 4.69) is 5.32 Å². The quantitative estimate of drug-likeness (QED) is 0.861. The van der Waals surface area contributed by atoms with Crippen LogP contribution >= 0.6 is 0 Å². The molecule has 0 amide bonds. The molecule has 2 atom stereocenters. The van der Waals surface area contributed by atoms with Crippen molar-refractivity contribution < 1.29 is 18.7 Å². The van der Waals surface area contributed by atoms with Crippen LogP contribution in [0.2, 0.25) is 0 Å². The minimum absolute atomic E-state index is 0.0916. The smallest absolute Gasteiger partial charge is 0.328 e. The van der Waals surface area contributed by atoms with Crippen molar-refractivity contribution in [3.63, 3.8) is 0 Å². The highest BCUT2D eigenvalue weighted by molar-refractivity contribution is 5.81. The number of anilines is 1. The summed E-state index contributed by atoms with van der Waals surface area (Å²) in [5.41, 5.74) is 0.569. The Kier molecular flexibility index (Phi) is 3.51. The molecule has 0 unspecified atom stereocenters. The Bertz CT molecular complexity index is 516. The predicted molar refractivity (Wildman–Crippen MR) is 72.2 cm³/mol. The number of benzene rings is 1. The molecule has 1 saturated heterocycles. The van der Waals surface area contributed by atoms with Crippen molar-refractivity contribution in [1.82, 2.24) is 0 Å². The molecule has 1 N–H and O–H groups in total. The summed E-state index contributed by atoms with van der Waals surface area (Å²) in [6.45, 7) is 1.84. The average molecular weight is 279 g/mol. The van der Waals surface area contributed by atoms with Crippen molar-refractivity contribution in [1.29, 1.82) is 0 Å². The standard InChI is InChI=1S/C15H18FNO3/c1-9-7-13(15(18)19-9)17-10-5-6-14(12(16)8-10)20-11-3-2-4-11/h5-6,8-9,11,13,17H,2-4,7H2,1H3/t9-,13+/m0/s1. The number of rotatable bonds is 4. The summed E-state index contributed by atoms with van der Waals surface area (Å²) < 4.78 is 24.5. The van der Waals surface area contributed by atoms with Crippen molar-refractivity contribution in [2.24, 2.45) is 0 Å². The van der Waals surface area contributed by atoms with Crippen LogP contribution in [0.1, 0.15) is 32.6 Å². The van der Waals surface area contributed by atoms with Gasteiger partial charge in [-0.05, 0) is 38.3 Å². The lowest BCUT2D eigenvalue weighted by Crippen LogP contribution is -2.25. The zero-order valence-corrected chi connectivity index (χ0v) is 11.4. The third-order valence-electron chi connectivity index (χ3n) is 3.79. The number of hydrogen-bond donors (Lipinski definition) is 1. The van der Waals surface area contributed by atoms with E-state index in [9.17, 15) is 9.18 Å². The Labute approximate surface area is 117 Å². The van der Waals surface area contributed by atoms with Crippen LogP contribution in [-0.2, 0) is 9.53 Å². The van der Waals surface area contributed by atoms with Crippen LogP contribution in [0.3, 0.4) is 0 Å². The molecule has 1 saturated carbocycles. The zero-order chi connectivity index (χ0) is 14.1. The van der Waals surface area contributed by atoms with Crippen LogP contribution < -0.4 is 10.1 Å². The van der Waals surface area contributed by atoms with E-state index in [0.717, 1.165) is 19.3 Å². The number of carbonyl (C=O) groups is 1. The minimum atomic E-state index is -0.402. The molecule has 108 valence electrons. The number of hydrogen-bond acceptors (Lipinski definition) is 4. The Balaban J connectivity index is 1.65. The van der Waals surface area contributed by atoms with Crippen molar-refractivity contribution in [2.75, 3.05) is 5.32 Å². The molecule has 0 spiro atoms. The maximum absolute atomic E-state index is 13.9. The second-order valence-electron chi connectivity index (χ2n) is 5.50. The summed E-state index contributed by atoms with van der Waals surface area (Å²) in [6.07, 6.45) is 3.78. The van der Waals surface area contributed by atoms with Crippen LogP contribution in [0.5, 0.6) is 5.75 Å². The molecule has 2 fully saturated rings. The highest BCUT2D eigenvalue weighted by Gasteiger charge is 2.31. The molecule has 20 heavy (non-hydrogen) atoms. The second-order valence-corrected chi connectivity index (χ2v) is 5.50. The van der Waals surface area contributed by atoms with Gasteiger partial charge in [0, 0.05) is 18.2 Å². The molecular formula is C15H18FNO3. The van der Waals surface area contributed by atoms with Crippen LogP contribution in [0, 0.1) is 5.82 Å². The van der Waals surface area contributed by atoms with E-state index >= 15 is 0 Å². The first-order chi connectivity index (χ1) is 9.61. The Morgan fingerprint density at radius 1 is 1.40 bits per heavy atom. The Morgan fingerprint density at radius 3 is 2.75 bits per heavy atom. The summed E-state index contributed by atoms with van der Waals surface area (Å²) in [6, 6.07) is 4.31. The molecule has 0 bridgehead atoms. The predicted octanol–water partition coefficient (Wildman–Crippen LogP) is 2.87.